The molecule has 2 aromatic carbocycles. The highest BCUT2D eigenvalue weighted by Crippen LogP contribution is 2.20. The molecule has 3 aromatic rings. The van der Waals surface area contributed by atoms with Crippen molar-refractivity contribution in [2.75, 3.05) is 25.0 Å². The first-order chi connectivity index (χ1) is 15.0. The largest absolute Gasteiger partial charge is 0.322 e. The highest BCUT2D eigenvalue weighted by molar-refractivity contribution is 5.89. The maximum Gasteiger partial charge on any atom is 0.322 e. The van der Waals surface area contributed by atoms with E-state index in [2.05, 4.69) is 22.1 Å². The first kappa shape index (κ1) is 21.1. The molecule has 4 rings (SSSR count). The Bertz CT molecular complexity index is 1110. The Morgan fingerprint density at radius 1 is 1.19 bits per heavy atom. The number of carbonyl (C=O) groups is 1. The first-order valence-electron chi connectivity index (χ1n) is 11.0. The number of aryl methyl sites for hydroxylation is 1. The molecule has 6 nitrogen and oxygen atoms in total. The molecule has 31 heavy (non-hydrogen) atoms. The molecule has 1 atom stereocenters. The fraction of sp³-hybridized carbons (Fsp3) is 0.360. The minimum Gasteiger partial charge on any atom is -0.322 e. The van der Waals surface area contributed by atoms with Crippen LogP contribution in [0.2, 0.25) is 0 Å². The molecule has 1 aliphatic heterocycles. The van der Waals surface area contributed by atoms with Crippen molar-refractivity contribution in [1.82, 2.24) is 14.8 Å². The number of hydrogen-bond acceptors (Lipinski definition) is 3. The van der Waals surface area contributed by atoms with Gasteiger partial charge in [0.25, 0.3) is 5.56 Å². The number of nitrogens with one attached hydrogen (secondary N) is 2. The zero-order chi connectivity index (χ0) is 21.8. The van der Waals surface area contributed by atoms with Crippen LogP contribution in [0.1, 0.15) is 30.9 Å². The smallest absolute Gasteiger partial charge is 0.322 e. The van der Waals surface area contributed by atoms with E-state index in [1.54, 1.807) is 4.90 Å². The van der Waals surface area contributed by atoms with Crippen LogP contribution in [0, 0.1) is 6.92 Å². The van der Waals surface area contributed by atoms with Crippen LogP contribution in [-0.4, -0.2) is 46.5 Å². The third kappa shape index (κ3) is 4.97. The summed E-state index contributed by atoms with van der Waals surface area (Å²) in [6, 6.07) is 17.5. The van der Waals surface area contributed by atoms with E-state index in [1.807, 2.05) is 61.5 Å². The second kappa shape index (κ2) is 9.35. The van der Waals surface area contributed by atoms with E-state index in [-0.39, 0.29) is 18.1 Å². The van der Waals surface area contributed by atoms with Gasteiger partial charge < -0.3 is 15.2 Å². The molecule has 2 heterocycles. The van der Waals surface area contributed by atoms with Crippen molar-refractivity contribution < 1.29 is 4.79 Å². The summed E-state index contributed by atoms with van der Waals surface area (Å²) in [4.78, 5) is 33.2. The quantitative estimate of drug-likeness (QED) is 0.625. The topological polar surface area (TPSA) is 68.4 Å². The highest BCUT2D eigenvalue weighted by atomic mass is 16.2. The van der Waals surface area contributed by atoms with Gasteiger partial charge in [0, 0.05) is 29.4 Å². The predicted molar refractivity (Wildman–Crippen MR) is 125 cm³/mol. The molecule has 0 aliphatic carbocycles. The first-order valence-corrected chi connectivity index (χ1v) is 11.0. The number of pyridine rings is 1. The van der Waals surface area contributed by atoms with Gasteiger partial charge in [-0.25, -0.2) is 4.79 Å². The SMILES string of the molecule is CCN1CCC[C@H]1CN(Cc1cc2ccc(C)cc2[nH]c1=O)C(=O)Nc1ccccc1. The second-order valence-electron chi connectivity index (χ2n) is 8.32. The minimum absolute atomic E-state index is 0.144. The van der Waals surface area contributed by atoms with E-state index >= 15 is 0 Å². The number of H-pyrrole nitrogens is 1. The van der Waals surface area contributed by atoms with Crippen molar-refractivity contribution in [3.8, 4) is 0 Å². The van der Waals surface area contributed by atoms with Crippen LogP contribution in [0.5, 0.6) is 0 Å². The van der Waals surface area contributed by atoms with Crippen LogP contribution in [0.25, 0.3) is 10.9 Å². The average Bonchev–Trinajstić information content (AvgIpc) is 3.21. The molecule has 2 amide bonds. The van der Waals surface area contributed by atoms with E-state index in [0.29, 0.717) is 18.2 Å². The Morgan fingerprint density at radius 3 is 2.77 bits per heavy atom. The van der Waals surface area contributed by atoms with Crippen molar-refractivity contribution in [1.29, 1.82) is 0 Å². The van der Waals surface area contributed by atoms with Crippen LogP contribution in [0.4, 0.5) is 10.5 Å². The third-order valence-electron chi connectivity index (χ3n) is 6.09. The van der Waals surface area contributed by atoms with Gasteiger partial charge in [0.05, 0.1) is 6.54 Å². The van der Waals surface area contributed by atoms with E-state index in [4.69, 9.17) is 0 Å². The summed E-state index contributed by atoms with van der Waals surface area (Å²) in [6.07, 6.45) is 2.21. The van der Waals surface area contributed by atoms with Gasteiger partial charge in [-0.2, -0.15) is 0 Å². The standard InChI is InChI=1S/C25H30N4O2/c1-3-28-13-7-10-22(28)17-29(25(31)26-21-8-5-4-6-9-21)16-20-15-19-12-11-18(2)14-23(19)27-24(20)30/h4-6,8-9,11-12,14-15,22H,3,7,10,13,16-17H2,1-2H3,(H,26,31)(H,27,30)/t22-/m0/s1. The van der Waals surface area contributed by atoms with Crippen molar-refractivity contribution in [3.05, 3.63) is 76.1 Å². The third-order valence-corrected chi connectivity index (χ3v) is 6.09. The zero-order valence-corrected chi connectivity index (χ0v) is 18.2. The maximum absolute atomic E-state index is 13.2. The fourth-order valence-corrected chi connectivity index (χ4v) is 4.40. The van der Waals surface area contributed by atoms with Crippen molar-refractivity contribution in [3.63, 3.8) is 0 Å². The molecule has 2 N–H and O–H groups in total. The number of anilines is 1. The minimum atomic E-state index is -0.183. The number of nitrogens with zero attached hydrogens (tertiary/aromatic N) is 2. The molecule has 0 spiro atoms. The lowest BCUT2D eigenvalue weighted by Gasteiger charge is -2.30. The van der Waals surface area contributed by atoms with Gasteiger partial charge in [0.1, 0.15) is 0 Å². The average molecular weight is 419 g/mol. The summed E-state index contributed by atoms with van der Waals surface area (Å²) < 4.78 is 0. The van der Waals surface area contributed by atoms with E-state index in [1.165, 1.54) is 0 Å². The molecule has 0 saturated carbocycles. The Balaban J connectivity index is 1.61. The van der Waals surface area contributed by atoms with Gasteiger partial charge in [0.15, 0.2) is 0 Å². The molecular weight excluding hydrogens is 388 g/mol. The molecule has 162 valence electrons. The van der Waals surface area contributed by atoms with Crippen LogP contribution < -0.4 is 10.9 Å². The number of benzene rings is 2. The molecular formula is C25H30N4O2. The lowest BCUT2D eigenvalue weighted by atomic mass is 10.1. The van der Waals surface area contributed by atoms with Gasteiger partial charge >= 0.3 is 6.03 Å². The van der Waals surface area contributed by atoms with Gasteiger partial charge in [0.2, 0.25) is 0 Å². The molecule has 6 heteroatoms. The molecule has 1 fully saturated rings. The number of aromatic nitrogens is 1. The summed E-state index contributed by atoms with van der Waals surface area (Å²) in [7, 11) is 0. The van der Waals surface area contributed by atoms with Crippen LogP contribution in [-0.2, 0) is 6.54 Å². The number of likely N-dealkylation sites (tertiary alicyclic amines) is 1. The van der Waals surface area contributed by atoms with Gasteiger partial charge in [-0.1, -0.05) is 37.3 Å². The fourth-order valence-electron chi connectivity index (χ4n) is 4.40. The van der Waals surface area contributed by atoms with Crippen LogP contribution >= 0.6 is 0 Å². The van der Waals surface area contributed by atoms with E-state index in [9.17, 15) is 9.59 Å². The normalized spacial score (nSPS) is 16.5. The number of fused-ring (bicyclic) bond motifs is 1. The van der Waals surface area contributed by atoms with Gasteiger partial charge in [-0.05, 0) is 68.1 Å². The Kier molecular flexibility index (Phi) is 6.37. The Labute approximate surface area is 182 Å². The lowest BCUT2D eigenvalue weighted by Crippen LogP contribution is -2.45. The number of amides is 2. The molecule has 0 radical (unpaired) electrons. The summed E-state index contributed by atoms with van der Waals surface area (Å²) in [5.41, 5.74) is 3.12. The highest BCUT2D eigenvalue weighted by Gasteiger charge is 2.27. The molecule has 1 aliphatic rings. The molecule has 1 saturated heterocycles. The Morgan fingerprint density at radius 2 is 2.00 bits per heavy atom. The number of aromatic amines is 1. The van der Waals surface area contributed by atoms with E-state index in [0.717, 1.165) is 48.1 Å². The zero-order valence-electron chi connectivity index (χ0n) is 18.2. The molecule has 0 unspecified atom stereocenters. The number of urea groups is 1. The van der Waals surface area contributed by atoms with E-state index < -0.39 is 0 Å². The van der Waals surface area contributed by atoms with Crippen LogP contribution in [0.3, 0.4) is 0 Å². The summed E-state index contributed by atoms with van der Waals surface area (Å²) >= 11 is 0. The summed E-state index contributed by atoms with van der Waals surface area (Å²) in [6.45, 7) is 7.05. The number of hydrogen-bond donors (Lipinski definition) is 2. The lowest BCUT2D eigenvalue weighted by molar-refractivity contribution is 0.174. The number of para-hydroxylation sites is 1. The van der Waals surface area contributed by atoms with Gasteiger partial charge in [-0.3, -0.25) is 9.69 Å². The van der Waals surface area contributed by atoms with Crippen molar-refractivity contribution in [2.45, 2.75) is 39.3 Å². The number of rotatable bonds is 6. The Hall–Kier alpha value is -3.12. The van der Waals surface area contributed by atoms with Crippen molar-refractivity contribution in [2.24, 2.45) is 0 Å². The maximum atomic E-state index is 13.2. The second-order valence-corrected chi connectivity index (χ2v) is 8.32. The summed E-state index contributed by atoms with van der Waals surface area (Å²) in [5.74, 6) is 0. The summed E-state index contributed by atoms with van der Waals surface area (Å²) in [5, 5.41) is 3.96. The predicted octanol–water partition coefficient (Wildman–Crippen LogP) is 4.35. The monoisotopic (exact) mass is 418 g/mol. The number of carbonyl (C=O) groups excluding carboxylic acids is 1. The molecule has 1 aromatic heterocycles. The van der Waals surface area contributed by atoms with Crippen molar-refractivity contribution >= 4 is 22.6 Å². The van der Waals surface area contributed by atoms with Crippen LogP contribution in [0.15, 0.2) is 59.4 Å². The number of likely N-dealkylation sites (N-methyl/N-ethyl adjacent to an activating group) is 1. The van der Waals surface area contributed by atoms with Gasteiger partial charge in [-0.15, -0.1) is 0 Å². The molecule has 0 bridgehead atoms.